The predicted molar refractivity (Wildman–Crippen MR) is 96.1 cm³/mol. The van der Waals surface area contributed by atoms with Gasteiger partial charge in [0, 0.05) is 12.1 Å². The molecule has 22 heavy (non-hydrogen) atoms. The molecule has 1 heterocycles. The van der Waals surface area contributed by atoms with Crippen molar-refractivity contribution in [3.63, 3.8) is 0 Å². The van der Waals surface area contributed by atoms with Gasteiger partial charge in [-0.05, 0) is 43.2 Å². The van der Waals surface area contributed by atoms with Gasteiger partial charge in [-0.1, -0.05) is 34.0 Å². The van der Waals surface area contributed by atoms with Crippen LogP contribution in [0.25, 0.3) is 12.2 Å². The molecule has 1 unspecified atom stereocenters. The lowest BCUT2D eigenvalue weighted by molar-refractivity contribution is -0.111. The molecule has 1 atom stereocenters. The van der Waals surface area contributed by atoms with Gasteiger partial charge in [0.1, 0.15) is 5.52 Å². The minimum atomic E-state index is 0.131. The first-order valence-corrected chi connectivity index (χ1v) is 7.69. The van der Waals surface area contributed by atoms with Gasteiger partial charge in [0.15, 0.2) is 0 Å². The molecule has 114 valence electrons. The van der Waals surface area contributed by atoms with Gasteiger partial charge in [-0.3, -0.25) is 4.79 Å². The molecular formula is C17H20N3OP. The number of benzene rings is 1. The fourth-order valence-electron chi connectivity index (χ4n) is 2.07. The summed E-state index contributed by atoms with van der Waals surface area (Å²) in [5.74, 6) is 0.677. The van der Waals surface area contributed by atoms with E-state index in [1.54, 1.807) is 6.08 Å². The fraction of sp³-hybridized carbons (Fsp3) is 0.176. The first-order chi connectivity index (χ1) is 10.6. The fourth-order valence-corrected chi connectivity index (χ4v) is 2.21. The highest BCUT2D eigenvalue weighted by molar-refractivity contribution is 7.40. The highest BCUT2D eigenvalue weighted by Crippen LogP contribution is 2.19. The van der Waals surface area contributed by atoms with E-state index in [-0.39, 0.29) is 5.52 Å². The van der Waals surface area contributed by atoms with E-state index in [4.69, 9.17) is 0 Å². The molecule has 0 spiro atoms. The molecule has 0 fully saturated rings. The lowest BCUT2D eigenvalue weighted by atomic mass is 10.1. The van der Waals surface area contributed by atoms with Gasteiger partial charge in [-0.25, -0.2) is 4.98 Å². The van der Waals surface area contributed by atoms with Crippen LogP contribution in [0.1, 0.15) is 30.3 Å². The standard InChI is InChI=1S/C17H20N3OP/c1-3-5-15-14(4-2)19-17(20-15)18-13-9-6-12(7-10-13)8-11-16(21)22/h3-7,9-10H,2,8,11,22H2,1H3,(H2,18,19,20)/b5-3-. The van der Waals surface area contributed by atoms with Crippen LogP contribution in [0.2, 0.25) is 0 Å². The number of rotatable bonds is 7. The third-order valence-corrected chi connectivity index (χ3v) is 3.45. The van der Waals surface area contributed by atoms with Crippen LogP contribution in [0, 0.1) is 0 Å². The van der Waals surface area contributed by atoms with Crippen LogP contribution >= 0.6 is 9.24 Å². The maximum absolute atomic E-state index is 11.0. The van der Waals surface area contributed by atoms with E-state index >= 15 is 0 Å². The maximum Gasteiger partial charge on any atom is 0.205 e. The van der Waals surface area contributed by atoms with E-state index in [0.29, 0.717) is 12.4 Å². The molecule has 0 saturated carbocycles. The number of hydrogen-bond acceptors (Lipinski definition) is 3. The van der Waals surface area contributed by atoms with Crippen LogP contribution in [-0.2, 0) is 11.2 Å². The molecule has 1 aromatic heterocycles. The summed E-state index contributed by atoms with van der Waals surface area (Å²) in [5, 5.41) is 3.23. The smallest absolute Gasteiger partial charge is 0.205 e. The van der Waals surface area contributed by atoms with Gasteiger partial charge < -0.3 is 10.3 Å². The van der Waals surface area contributed by atoms with Crippen molar-refractivity contribution in [2.75, 3.05) is 5.32 Å². The first kappa shape index (κ1) is 16.2. The van der Waals surface area contributed by atoms with Crippen molar-refractivity contribution in [2.24, 2.45) is 0 Å². The average Bonchev–Trinajstić information content (AvgIpc) is 2.88. The van der Waals surface area contributed by atoms with E-state index in [2.05, 4.69) is 31.1 Å². The molecule has 2 aromatic rings. The predicted octanol–water partition coefficient (Wildman–Crippen LogP) is 4.16. The number of H-pyrrole nitrogens is 1. The SMILES string of the molecule is C=Cc1nc(Nc2ccc(CCC(=O)P)cc2)[nH]c1/C=C\C. The first-order valence-electron chi connectivity index (χ1n) is 7.11. The van der Waals surface area contributed by atoms with Crippen molar-refractivity contribution < 1.29 is 4.79 Å². The Morgan fingerprint density at radius 2 is 2.14 bits per heavy atom. The Bertz CT molecular complexity index is 686. The summed E-state index contributed by atoms with van der Waals surface area (Å²) in [7, 11) is 2.21. The summed E-state index contributed by atoms with van der Waals surface area (Å²) >= 11 is 0. The maximum atomic E-state index is 11.0. The number of anilines is 2. The van der Waals surface area contributed by atoms with Gasteiger partial charge in [-0.15, -0.1) is 0 Å². The minimum Gasteiger partial charge on any atom is -0.326 e. The molecule has 2 rings (SSSR count). The Morgan fingerprint density at radius 1 is 1.41 bits per heavy atom. The lowest BCUT2D eigenvalue weighted by Crippen LogP contribution is -1.94. The number of carbonyl (C=O) groups is 1. The number of aromatic nitrogens is 2. The van der Waals surface area contributed by atoms with Crippen molar-refractivity contribution in [3.8, 4) is 0 Å². The Balaban J connectivity index is 2.07. The molecule has 1 aromatic carbocycles. The van der Waals surface area contributed by atoms with Gasteiger partial charge in [0.2, 0.25) is 5.95 Å². The molecule has 0 radical (unpaired) electrons. The van der Waals surface area contributed by atoms with Crippen molar-refractivity contribution in [1.82, 2.24) is 9.97 Å². The number of hydrogen-bond donors (Lipinski definition) is 2. The van der Waals surface area contributed by atoms with Crippen molar-refractivity contribution in [1.29, 1.82) is 0 Å². The molecule has 0 bridgehead atoms. The Hall–Kier alpha value is -2.19. The van der Waals surface area contributed by atoms with Crippen molar-refractivity contribution >= 4 is 38.6 Å². The summed E-state index contributed by atoms with van der Waals surface area (Å²) in [6.07, 6.45) is 6.94. The van der Waals surface area contributed by atoms with Crippen molar-refractivity contribution in [3.05, 3.63) is 53.9 Å². The van der Waals surface area contributed by atoms with Crippen LogP contribution in [0.3, 0.4) is 0 Å². The normalized spacial score (nSPS) is 10.8. The molecule has 0 aliphatic heterocycles. The highest BCUT2D eigenvalue weighted by Gasteiger charge is 2.05. The van der Waals surface area contributed by atoms with Crippen LogP contribution < -0.4 is 5.32 Å². The number of aryl methyl sites for hydroxylation is 1. The zero-order valence-electron chi connectivity index (χ0n) is 12.6. The molecule has 5 heteroatoms. The number of aromatic amines is 1. The lowest BCUT2D eigenvalue weighted by Gasteiger charge is -2.04. The summed E-state index contributed by atoms with van der Waals surface area (Å²) in [5.41, 5.74) is 3.96. The van der Waals surface area contributed by atoms with Crippen molar-refractivity contribution in [2.45, 2.75) is 19.8 Å². The number of carbonyl (C=O) groups excluding carboxylic acids is 1. The molecule has 4 nitrogen and oxygen atoms in total. The third-order valence-electron chi connectivity index (χ3n) is 3.16. The summed E-state index contributed by atoms with van der Waals surface area (Å²) in [6.45, 7) is 5.72. The summed E-state index contributed by atoms with van der Waals surface area (Å²) in [4.78, 5) is 18.6. The van der Waals surface area contributed by atoms with Gasteiger partial charge in [0.25, 0.3) is 0 Å². The van der Waals surface area contributed by atoms with Gasteiger partial charge in [-0.2, -0.15) is 0 Å². The van der Waals surface area contributed by atoms with E-state index in [1.807, 2.05) is 43.3 Å². The Kier molecular flexibility index (Phi) is 5.68. The molecule has 0 saturated heterocycles. The van der Waals surface area contributed by atoms with Crippen LogP contribution in [0.15, 0.2) is 36.9 Å². The van der Waals surface area contributed by atoms with E-state index in [0.717, 1.165) is 29.1 Å². The minimum absolute atomic E-state index is 0.131. The Morgan fingerprint density at radius 3 is 2.73 bits per heavy atom. The largest absolute Gasteiger partial charge is 0.326 e. The topological polar surface area (TPSA) is 57.8 Å². The molecule has 0 aliphatic carbocycles. The quantitative estimate of drug-likeness (QED) is 0.755. The Labute approximate surface area is 132 Å². The monoisotopic (exact) mass is 313 g/mol. The average molecular weight is 313 g/mol. The number of nitrogens with zero attached hydrogens (tertiary/aromatic N) is 1. The van der Waals surface area contributed by atoms with E-state index < -0.39 is 0 Å². The van der Waals surface area contributed by atoms with E-state index in [9.17, 15) is 4.79 Å². The molecule has 2 N–H and O–H groups in total. The zero-order chi connectivity index (χ0) is 15.9. The molecule has 0 aliphatic rings. The molecular weight excluding hydrogens is 293 g/mol. The van der Waals surface area contributed by atoms with Crippen LogP contribution in [-0.4, -0.2) is 15.5 Å². The third kappa shape index (κ3) is 4.40. The zero-order valence-corrected chi connectivity index (χ0v) is 13.8. The second-order valence-corrected chi connectivity index (χ2v) is 5.52. The summed E-state index contributed by atoms with van der Waals surface area (Å²) < 4.78 is 0. The highest BCUT2D eigenvalue weighted by atomic mass is 31.0. The number of nitrogens with one attached hydrogen (secondary N) is 2. The van der Waals surface area contributed by atoms with E-state index in [1.165, 1.54) is 0 Å². The van der Waals surface area contributed by atoms with Crippen LogP contribution in [0.5, 0.6) is 0 Å². The van der Waals surface area contributed by atoms with Crippen LogP contribution in [0.4, 0.5) is 11.6 Å². The second kappa shape index (κ2) is 7.71. The number of imidazole rings is 1. The second-order valence-electron chi connectivity index (χ2n) is 4.88. The molecule has 0 amide bonds. The van der Waals surface area contributed by atoms with Gasteiger partial charge in [0.05, 0.1) is 11.4 Å². The number of allylic oxidation sites excluding steroid dienone is 1. The summed E-state index contributed by atoms with van der Waals surface area (Å²) in [6, 6.07) is 7.99. The van der Waals surface area contributed by atoms with Gasteiger partial charge >= 0.3 is 0 Å².